The van der Waals surface area contributed by atoms with E-state index in [0.717, 1.165) is 28.3 Å². The largest absolute Gasteiger partial charge is 0.497 e. The molecule has 4 rings (SSSR count). The third kappa shape index (κ3) is 4.36. The first kappa shape index (κ1) is 19.3. The number of hydroxylamine groups is 3. The molecule has 2 aliphatic heterocycles. The SMILES string of the molecule is COc1cccc(C2=CC3(CCN(OC(=O)Nc4ccccc4C)CC3)ON2)c1. The van der Waals surface area contributed by atoms with Gasteiger partial charge in [0.25, 0.3) is 0 Å². The summed E-state index contributed by atoms with van der Waals surface area (Å²) >= 11 is 0. The number of hydrogen-bond donors (Lipinski definition) is 2. The van der Waals surface area contributed by atoms with Gasteiger partial charge in [0.15, 0.2) is 0 Å². The van der Waals surface area contributed by atoms with E-state index in [9.17, 15) is 4.79 Å². The van der Waals surface area contributed by atoms with Gasteiger partial charge in [0, 0.05) is 24.3 Å². The monoisotopic (exact) mass is 395 g/mol. The first-order chi connectivity index (χ1) is 14.1. The van der Waals surface area contributed by atoms with Crippen molar-refractivity contribution < 1.29 is 19.2 Å². The van der Waals surface area contributed by atoms with Gasteiger partial charge in [-0.05, 0) is 49.6 Å². The van der Waals surface area contributed by atoms with Gasteiger partial charge >= 0.3 is 6.09 Å². The first-order valence-corrected chi connectivity index (χ1v) is 9.68. The molecular formula is C22H25N3O4. The number of carbonyl (C=O) groups is 1. The van der Waals surface area contributed by atoms with Crippen LogP contribution in [-0.4, -0.2) is 37.0 Å². The Hall–Kier alpha value is -3.03. The number of piperidine rings is 1. The zero-order valence-corrected chi connectivity index (χ0v) is 16.6. The van der Waals surface area contributed by atoms with Crippen LogP contribution in [-0.2, 0) is 9.68 Å². The summed E-state index contributed by atoms with van der Waals surface area (Å²) in [5.74, 6) is 0.800. The summed E-state index contributed by atoms with van der Waals surface area (Å²) in [5.41, 5.74) is 6.32. The molecule has 0 atom stereocenters. The van der Waals surface area contributed by atoms with Crippen molar-refractivity contribution in [2.45, 2.75) is 25.4 Å². The van der Waals surface area contributed by atoms with Gasteiger partial charge in [0.05, 0.1) is 12.8 Å². The van der Waals surface area contributed by atoms with Gasteiger partial charge in [-0.2, -0.15) is 0 Å². The highest BCUT2D eigenvalue weighted by Gasteiger charge is 2.39. The standard InChI is InChI=1S/C22H25N3O4/c1-16-6-3-4-9-19(16)23-21(26)28-25-12-10-22(11-13-25)15-20(24-29-22)17-7-5-8-18(14-17)27-2/h3-9,14-15,24H,10-13H2,1-2H3,(H,23,26). The molecule has 1 saturated heterocycles. The smallest absolute Gasteiger partial charge is 0.430 e. The number of nitrogens with one attached hydrogen (secondary N) is 2. The molecule has 1 amide bonds. The molecule has 7 nitrogen and oxygen atoms in total. The van der Waals surface area contributed by atoms with Crippen molar-refractivity contribution >= 4 is 17.5 Å². The van der Waals surface area contributed by atoms with Gasteiger partial charge in [-0.25, -0.2) is 4.79 Å². The predicted octanol–water partition coefficient (Wildman–Crippen LogP) is 3.88. The van der Waals surface area contributed by atoms with Crippen molar-refractivity contribution in [3.8, 4) is 5.75 Å². The molecule has 152 valence electrons. The topological polar surface area (TPSA) is 72.1 Å². The van der Waals surface area contributed by atoms with Crippen LogP contribution in [0.3, 0.4) is 0 Å². The Labute approximate surface area is 170 Å². The Morgan fingerprint density at radius 3 is 2.72 bits per heavy atom. The maximum atomic E-state index is 12.2. The van der Waals surface area contributed by atoms with Crippen LogP contribution in [0.4, 0.5) is 10.5 Å². The van der Waals surface area contributed by atoms with Gasteiger partial charge in [-0.3, -0.25) is 15.6 Å². The number of carbonyl (C=O) groups excluding carboxylic acids is 1. The molecule has 0 unspecified atom stereocenters. The Morgan fingerprint density at radius 1 is 1.17 bits per heavy atom. The van der Waals surface area contributed by atoms with Gasteiger partial charge < -0.3 is 9.57 Å². The Bertz CT molecular complexity index is 920. The maximum Gasteiger partial charge on any atom is 0.430 e. The minimum atomic E-state index is -0.478. The molecular weight excluding hydrogens is 370 g/mol. The second-order valence-electron chi connectivity index (χ2n) is 7.31. The van der Waals surface area contributed by atoms with Crippen molar-refractivity contribution in [2.24, 2.45) is 0 Å². The summed E-state index contributed by atoms with van der Waals surface area (Å²) in [6.07, 6.45) is 3.07. The molecule has 0 saturated carbocycles. The molecule has 2 aromatic rings. The van der Waals surface area contributed by atoms with Gasteiger partial charge in [0.1, 0.15) is 11.4 Å². The summed E-state index contributed by atoms with van der Waals surface area (Å²) in [4.78, 5) is 23.6. The Balaban J connectivity index is 1.34. The van der Waals surface area contributed by atoms with Crippen molar-refractivity contribution in [3.63, 3.8) is 0 Å². The molecule has 2 N–H and O–H groups in total. The molecule has 0 aliphatic carbocycles. The highest BCUT2D eigenvalue weighted by atomic mass is 16.7. The van der Waals surface area contributed by atoms with E-state index in [1.54, 1.807) is 12.2 Å². The predicted molar refractivity (Wildman–Crippen MR) is 110 cm³/mol. The van der Waals surface area contributed by atoms with E-state index in [-0.39, 0.29) is 0 Å². The van der Waals surface area contributed by atoms with Gasteiger partial charge in [0.2, 0.25) is 0 Å². The van der Waals surface area contributed by atoms with Crippen LogP contribution in [0.1, 0.15) is 24.0 Å². The quantitative estimate of drug-likeness (QED) is 0.819. The van der Waals surface area contributed by atoms with Crippen LogP contribution in [0, 0.1) is 6.92 Å². The number of methoxy groups -OCH3 is 1. The number of para-hydroxylation sites is 1. The van der Waals surface area contributed by atoms with E-state index in [4.69, 9.17) is 14.4 Å². The first-order valence-electron chi connectivity index (χ1n) is 9.68. The van der Waals surface area contributed by atoms with Gasteiger partial charge in [-0.15, -0.1) is 5.06 Å². The molecule has 1 spiro atoms. The van der Waals surface area contributed by atoms with Crippen molar-refractivity contribution in [1.29, 1.82) is 0 Å². The third-order valence-corrected chi connectivity index (χ3v) is 5.31. The van der Waals surface area contributed by atoms with Crippen molar-refractivity contribution in [1.82, 2.24) is 10.5 Å². The van der Waals surface area contributed by atoms with E-state index in [0.29, 0.717) is 25.9 Å². The summed E-state index contributed by atoms with van der Waals surface area (Å²) in [7, 11) is 1.65. The van der Waals surface area contributed by atoms with Crippen LogP contribution >= 0.6 is 0 Å². The van der Waals surface area contributed by atoms with E-state index < -0.39 is 11.7 Å². The number of nitrogens with zero attached hydrogens (tertiary/aromatic N) is 1. The minimum Gasteiger partial charge on any atom is -0.497 e. The van der Waals surface area contributed by atoms with E-state index >= 15 is 0 Å². The molecule has 7 heteroatoms. The van der Waals surface area contributed by atoms with E-state index in [2.05, 4.69) is 16.9 Å². The molecule has 2 aliphatic rings. The fraction of sp³-hybridized carbons (Fsp3) is 0.318. The number of anilines is 1. The molecule has 0 radical (unpaired) electrons. The average Bonchev–Trinajstić information content (AvgIpc) is 3.15. The fourth-order valence-corrected chi connectivity index (χ4v) is 3.58. The summed E-state index contributed by atoms with van der Waals surface area (Å²) in [6, 6.07) is 15.4. The number of rotatable bonds is 4. The lowest BCUT2D eigenvalue weighted by Crippen LogP contribution is -2.45. The van der Waals surface area contributed by atoms with Crippen LogP contribution < -0.4 is 15.5 Å². The lowest BCUT2D eigenvalue weighted by atomic mass is 9.91. The Kier molecular flexibility index (Phi) is 5.42. The molecule has 0 aromatic heterocycles. The molecule has 2 aromatic carbocycles. The molecule has 29 heavy (non-hydrogen) atoms. The molecule has 2 heterocycles. The highest BCUT2D eigenvalue weighted by Crippen LogP contribution is 2.35. The fourth-order valence-electron chi connectivity index (χ4n) is 3.58. The van der Waals surface area contributed by atoms with Crippen LogP contribution in [0.25, 0.3) is 5.70 Å². The maximum absolute atomic E-state index is 12.2. The molecule has 0 bridgehead atoms. The van der Waals surface area contributed by atoms with Crippen molar-refractivity contribution in [2.75, 3.05) is 25.5 Å². The van der Waals surface area contributed by atoms with Gasteiger partial charge in [-0.1, -0.05) is 30.3 Å². The zero-order chi connectivity index (χ0) is 20.3. The lowest BCUT2D eigenvalue weighted by molar-refractivity contribution is -0.153. The number of ether oxygens (including phenoxy) is 1. The summed E-state index contributed by atoms with van der Waals surface area (Å²) in [5, 5.41) is 4.47. The third-order valence-electron chi connectivity index (χ3n) is 5.31. The second kappa shape index (κ2) is 8.14. The zero-order valence-electron chi connectivity index (χ0n) is 16.6. The average molecular weight is 395 g/mol. The second-order valence-corrected chi connectivity index (χ2v) is 7.31. The normalized spacial score (nSPS) is 18.1. The number of hydrogen-bond acceptors (Lipinski definition) is 6. The van der Waals surface area contributed by atoms with Crippen molar-refractivity contribution in [3.05, 3.63) is 65.7 Å². The number of aryl methyl sites for hydroxylation is 1. The van der Waals surface area contributed by atoms with Crippen LogP contribution in [0.15, 0.2) is 54.6 Å². The summed E-state index contributed by atoms with van der Waals surface area (Å²) in [6.45, 7) is 3.12. The molecule has 1 fully saturated rings. The number of amides is 1. The highest BCUT2D eigenvalue weighted by molar-refractivity contribution is 5.85. The Morgan fingerprint density at radius 2 is 1.97 bits per heavy atom. The lowest BCUT2D eigenvalue weighted by Gasteiger charge is -2.35. The van der Waals surface area contributed by atoms with E-state index in [1.165, 1.54) is 0 Å². The summed E-state index contributed by atoms with van der Waals surface area (Å²) < 4.78 is 5.30. The minimum absolute atomic E-state index is 0.398. The van der Waals surface area contributed by atoms with E-state index in [1.807, 2.05) is 55.5 Å². The van der Waals surface area contributed by atoms with Crippen LogP contribution in [0.5, 0.6) is 5.75 Å². The number of benzene rings is 2. The van der Waals surface area contributed by atoms with Crippen LogP contribution in [0.2, 0.25) is 0 Å².